The smallest absolute Gasteiger partial charge is 0.272 e. The number of para-hydroxylation sites is 1. The van der Waals surface area contributed by atoms with Gasteiger partial charge in [0.1, 0.15) is 17.2 Å². The summed E-state index contributed by atoms with van der Waals surface area (Å²) in [5, 5.41) is 10.9. The summed E-state index contributed by atoms with van der Waals surface area (Å²) in [7, 11) is 0. The molecule has 0 atom stereocenters. The summed E-state index contributed by atoms with van der Waals surface area (Å²) in [6.45, 7) is 5.00. The molecule has 0 unspecified atom stereocenters. The van der Waals surface area contributed by atoms with E-state index in [4.69, 9.17) is 4.42 Å². The molecule has 0 aliphatic heterocycles. The zero-order valence-electron chi connectivity index (χ0n) is 28.7. The number of anilines is 2. The molecule has 7 aromatic rings. The van der Waals surface area contributed by atoms with E-state index in [9.17, 15) is 14.4 Å². The molecule has 0 aliphatic carbocycles. The van der Waals surface area contributed by atoms with Gasteiger partial charge < -0.3 is 24.9 Å². The minimum atomic E-state index is -0.517. The third-order valence-electron chi connectivity index (χ3n) is 8.63. The number of aryl methyl sites for hydroxylation is 2. The Labute approximate surface area is 305 Å². The third-order valence-corrected chi connectivity index (χ3v) is 9.64. The highest BCUT2D eigenvalue weighted by Gasteiger charge is 2.17. The lowest BCUT2D eigenvalue weighted by Gasteiger charge is -2.11. The Morgan fingerprint density at radius 3 is 2.21 bits per heavy atom. The molecule has 0 bridgehead atoms. The van der Waals surface area contributed by atoms with Crippen LogP contribution >= 0.6 is 11.8 Å². The average Bonchev–Trinajstić information content (AvgIpc) is 3.77. The molecule has 7 rings (SSSR count). The van der Waals surface area contributed by atoms with E-state index in [0.717, 1.165) is 44.5 Å². The molecule has 2 heterocycles. The van der Waals surface area contributed by atoms with Crippen LogP contribution in [-0.2, 0) is 16.1 Å². The highest BCUT2D eigenvalue weighted by atomic mass is 32.2. The van der Waals surface area contributed by atoms with Gasteiger partial charge >= 0.3 is 0 Å². The largest absolute Gasteiger partial charge is 0.457 e. The Morgan fingerprint density at radius 2 is 1.44 bits per heavy atom. The fraction of sp³-hybridized carbons (Fsp3) is 0.0930. The van der Waals surface area contributed by atoms with Gasteiger partial charge in [-0.25, -0.2) is 0 Å². The van der Waals surface area contributed by atoms with Crippen LogP contribution in [0, 0.1) is 6.92 Å². The first-order chi connectivity index (χ1) is 25.3. The van der Waals surface area contributed by atoms with Crippen LogP contribution in [0.2, 0.25) is 0 Å². The van der Waals surface area contributed by atoms with Gasteiger partial charge in [-0.15, -0.1) is 11.8 Å². The number of fused-ring (bicyclic) bond motifs is 3. The van der Waals surface area contributed by atoms with Gasteiger partial charge in [0.25, 0.3) is 11.8 Å². The van der Waals surface area contributed by atoms with Gasteiger partial charge in [0, 0.05) is 61.8 Å². The Morgan fingerprint density at radius 1 is 0.731 bits per heavy atom. The second kappa shape index (κ2) is 15.3. The van der Waals surface area contributed by atoms with Crippen molar-refractivity contribution in [1.82, 2.24) is 9.88 Å². The molecule has 0 spiro atoms. The summed E-state index contributed by atoms with van der Waals surface area (Å²) >= 11 is 1.39. The van der Waals surface area contributed by atoms with Crippen molar-refractivity contribution in [2.45, 2.75) is 25.3 Å². The van der Waals surface area contributed by atoms with Crippen molar-refractivity contribution >= 4 is 68.7 Å². The van der Waals surface area contributed by atoms with Crippen LogP contribution in [0.3, 0.4) is 0 Å². The van der Waals surface area contributed by atoms with E-state index in [2.05, 4.69) is 45.6 Å². The van der Waals surface area contributed by atoms with Crippen LogP contribution in [0.25, 0.3) is 39.2 Å². The minimum absolute atomic E-state index is 0.0197. The van der Waals surface area contributed by atoms with Crippen LogP contribution in [0.4, 0.5) is 11.4 Å². The van der Waals surface area contributed by atoms with Gasteiger partial charge in [-0.05, 0) is 86.6 Å². The zero-order valence-corrected chi connectivity index (χ0v) is 29.5. The Balaban J connectivity index is 1.01. The van der Waals surface area contributed by atoms with E-state index < -0.39 is 11.8 Å². The average molecular weight is 705 g/mol. The summed E-state index contributed by atoms with van der Waals surface area (Å²) in [5.74, 6) is 0.206. The van der Waals surface area contributed by atoms with Gasteiger partial charge in [0.15, 0.2) is 0 Å². The first-order valence-electron chi connectivity index (χ1n) is 16.9. The van der Waals surface area contributed by atoms with Gasteiger partial charge in [0.2, 0.25) is 5.91 Å². The number of aromatic nitrogens is 1. The number of benzene rings is 5. The van der Waals surface area contributed by atoms with Crippen LogP contribution in [-0.4, -0.2) is 28.0 Å². The fourth-order valence-electron chi connectivity index (χ4n) is 6.04. The molecule has 0 fully saturated rings. The van der Waals surface area contributed by atoms with Gasteiger partial charge in [0.05, 0.1) is 5.75 Å². The maximum Gasteiger partial charge on any atom is 0.272 e. The third kappa shape index (κ3) is 7.70. The molecule has 5 aromatic carbocycles. The van der Waals surface area contributed by atoms with Crippen molar-refractivity contribution in [1.29, 1.82) is 0 Å². The SMILES string of the molecule is CCn1c2ccccc2c2cc(NC(=O)CSc3ccc(NC(=O)C(=Cc4ccc(-c5ccc(C)cc5)o4)NC(=O)c4ccccc4)cc3)ccc21. The van der Waals surface area contributed by atoms with E-state index in [-0.39, 0.29) is 17.4 Å². The van der Waals surface area contributed by atoms with Crippen molar-refractivity contribution in [2.75, 3.05) is 16.4 Å². The normalized spacial score (nSPS) is 11.5. The molecular formula is C43H36N4O4S. The van der Waals surface area contributed by atoms with Crippen LogP contribution in [0.1, 0.15) is 28.6 Å². The molecule has 3 N–H and O–H groups in total. The molecule has 3 amide bonds. The maximum atomic E-state index is 13.5. The monoisotopic (exact) mass is 704 g/mol. The number of hydrogen-bond donors (Lipinski definition) is 3. The summed E-state index contributed by atoms with van der Waals surface area (Å²) in [4.78, 5) is 40.4. The molecule has 0 aliphatic rings. The first-order valence-corrected chi connectivity index (χ1v) is 17.9. The molecule has 0 saturated carbocycles. The summed E-state index contributed by atoms with van der Waals surface area (Å²) < 4.78 is 8.30. The number of hydrogen-bond acceptors (Lipinski definition) is 5. The van der Waals surface area contributed by atoms with Crippen LogP contribution in [0.15, 0.2) is 148 Å². The fourth-order valence-corrected chi connectivity index (χ4v) is 6.74. The number of furan rings is 1. The molecule has 52 heavy (non-hydrogen) atoms. The number of nitrogens with one attached hydrogen (secondary N) is 3. The number of carbonyl (C=O) groups is 3. The standard InChI is InChI=1S/C43H36N4O4S/c1-3-47-38-12-8-7-11-35(38)36-25-32(19-23-39(36)47)44-41(48)27-52-34-21-17-31(18-22-34)45-43(50)37(46-42(49)30-9-5-4-6-10-30)26-33-20-24-40(51-33)29-15-13-28(2)14-16-29/h4-26H,3,27H2,1-2H3,(H,44,48)(H,45,50)(H,46,49). The predicted octanol–water partition coefficient (Wildman–Crippen LogP) is 9.52. The minimum Gasteiger partial charge on any atom is -0.457 e. The molecular weight excluding hydrogens is 669 g/mol. The van der Waals surface area contributed by atoms with Crippen LogP contribution in [0.5, 0.6) is 0 Å². The Kier molecular flexibility index (Phi) is 10.0. The number of thioether (sulfide) groups is 1. The van der Waals surface area contributed by atoms with E-state index in [0.29, 0.717) is 22.8 Å². The van der Waals surface area contributed by atoms with Gasteiger partial charge in [-0.1, -0.05) is 66.2 Å². The second-order valence-electron chi connectivity index (χ2n) is 12.3. The summed E-state index contributed by atoms with van der Waals surface area (Å²) in [5.41, 5.74) is 6.05. The summed E-state index contributed by atoms with van der Waals surface area (Å²) in [6, 6.07) is 41.7. The molecule has 8 nitrogen and oxygen atoms in total. The summed E-state index contributed by atoms with van der Waals surface area (Å²) in [6.07, 6.45) is 1.51. The van der Waals surface area contributed by atoms with Crippen molar-refractivity contribution in [3.05, 3.63) is 156 Å². The molecule has 258 valence electrons. The first kappa shape index (κ1) is 34.1. The number of amides is 3. The highest BCUT2D eigenvalue weighted by molar-refractivity contribution is 8.00. The van der Waals surface area contributed by atoms with Crippen LogP contribution < -0.4 is 16.0 Å². The zero-order chi connectivity index (χ0) is 36.0. The molecule has 0 saturated heterocycles. The number of carbonyl (C=O) groups excluding carboxylic acids is 3. The van der Waals surface area contributed by atoms with Crippen molar-refractivity contribution in [3.63, 3.8) is 0 Å². The molecule has 9 heteroatoms. The van der Waals surface area contributed by atoms with Gasteiger partial charge in [-0.2, -0.15) is 0 Å². The van der Waals surface area contributed by atoms with Gasteiger partial charge in [-0.3, -0.25) is 14.4 Å². The predicted molar refractivity (Wildman–Crippen MR) is 210 cm³/mol. The van der Waals surface area contributed by atoms with Crippen molar-refractivity contribution in [3.8, 4) is 11.3 Å². The lowest BCUT2D eigenvalue weighted by Crippen LogP contribution is -2.30. The second-order valence-corrected chi connectivity index (χ2v) is 13.3. The Hall–Kier alpha value is -6.32. The van der Waals surface area contributed by atoms with Crippen molar-refractivity contribution in [2.24, 2.45) is 0 Å². The van der Waals surface area contributed by atoms with E-state index >= 15 is 0 Å². The quantitative estimate of drug-likeness (QED) is 0.0919. The van der Waals surface area contributed by atoms with E-state index in [1.807, 2.05) is 79.7 Å². The van der Waals surface area contributed by atoms with E-state index in [1.54, 1.807) is 42.5 Å². The topological polar surface area (TPSA) is 105 Å². The molecule has 0 radical (unpaired) electrons. The maximum absolute atomic E-state index is 13.5. The molecule has 2 aromatic heterocycles. The highest BCUT2D eigenvalue weighted by Crippen LogP contribution is 2.31. The lowest BCUT2D eigenvalue weighted by atomic mass is 10.1. The van der Waals surface area contributed by atoms with E-state index in [1.165, 1.54) is 23.4 Å². The number of rotatable bonds is 11. The van der Waals surface area contributed by atoms with Crippen molar-refractivity contribution < 1.29 is 18.8 Å². The Bertz CT molecular complexity index is 2430. The lowest BCUT2D eigenvalue weighted by molar-refractivity contribution is -0.114. The number of nitrogens with zero attached hydrogens (tertiary/aromatic N) is 1.